The summed E-state index contributed by atoms with van der Waals surface area (Å²) < 4.78 is 2.41. The van der Waals surface area contributed by atoms with Gasteiger partial charge in [0.2, 0.25) is 0 Å². The van der Waals surface area contributed by atoms with E-state index in [9.17, 15) is 0 Å². The smallest absolute Gasteiger partial charge is 0.138 e. The van der Waals surface area contributed by atoms with E-state index >= 15 is 0 Å². The highest BCUT2D eigenvalue weighted by atomic mass is 15.1. The van der Waals surface area contributed by atoms with Crippen LogP contribution in [0.5, 0.6) is 0 Å². The van der Waals surface area contributed by atoms with Gasteiger partial charge in [-0.05, 0) is 37.7 Å². The summed E-state index contributed by atoms with van der Waals surface area (Å²) in [6.07, 6.45) is 46.3. The summed E-state index contributed by atoms with van der Waals surface area (Å²) in [6, 6.07) is 0. The van der Waals surface area contributed by atoms with Crippen LogP contribution in [0.25, 0.3) is 0 Å². The summed E-state index contributed by atoms with van der Waals surface area (Å²) in [5, 5.41) is 0. The van der Waals surface area contributed by atoms with Crippen molar-refractivity contribution in [3.8, 4) is 0 Å². The second-order valence-electron chi connectivity index (χ2n) is 12.3. The van der Waals surface area contributed by atoms with Gasteiger partial charge in [0.1, 0.15) is 13.1 Å². The molecule has 0 aromatic rings. The van der Waals surface area contributed by atoms with E-state index in [1.165, 1.54) is 173 Å². The zero-order chi connectivity index (χ0) is 26.4. The van der Waals surface area contributed by atoms with Crippen molar-refractivity contribution in [1.29, 1.82) is 0 Å². The maximum Gasteiger partial charge on any atom is 0.138 e. The molecule has 0 saturated heterocycles. The first kappa shape index (κ1) is 31.0. The van der Waals surface area contributed by atoms with E-state index in [0.717, 1.165) is 13.1 Å². The van der Waals surface area contributed by atoms with Crippen LogP contribution in [0.15, 0.2) is 35.6 Å². The van der Waals surface area contributed by atoms with Crippen LogP contribution in [0, 0.1) is 6.08 Å². The molecule has 38 heavy (non-hydrogen) atoms. The van der Waals surface area contributed by atoms with Gasteiger partial charge in [-0.15, -0.1) is 6.08 Å². The molecule has 0 N–H and O–H groups in total. The Morgan fingerprint density at radius 2 is 1.13 bits per heavy atom. The number of fused-ring (bicyclic) bond motifs is 3. The van der Waals surface area contributed by atoms with Crippen LogP contribution < -0.4 is 0 Å². The molecule has 0 radical (unpaired) electrons. The van der Waals surface area contributed by atoms with Crippen molar-refractivity contribution in [3.63, 3.8) is 0 Å². The zero-order valence-electron chi connectivity index (χ0n) is 25.0. The Balaban J connectivity index is 1.31. The van der Waals surface area contributed by atoms with Gasteiger partial charge >= 0.3 is 0 Å². The van der Waals surface area contributed by atoms with Gasteiger partial charge in [0.15, 0.2) is 0 Å². The molecule has 4 bridgehead atoms. The topological polar surface area (TPSA) is 6.25 Å². The van der Waals surface area contributed by atoms with Crippen LogP contribution >= 0.6 is 0 Å². The van der Waals surface area contributed by atoms with Crippen LogP contribution in [-0.4, -0.2) is 41.5 Å². The quantitative estimate of drug-likeness (QED) is 0.227. The van der Waals surface area contributed by atoms with E-state index in [1.54, 1.807) is 5.57 Å². The van der Waals surface area contributed by atoms with Gasteiger partial charge < -0.3 is 4.90 Å². The normalized spacial score (nSPS) is 23.8. The molecule has 0 aromatic heterocycles. The molecule has 3 aliphatic rings. The largest absolute Gasteiger partial charge is 0.373 e. The van der Waals surface area contributed by atoms with Crippen molar-refractivity contribution in [1.82, 2.24) is 4.90 Å². The lowest BCUT2D eigenvalue weighted by atomic mass is 10.0. The zero-order valence-corrected chi connectivity index (χ0v) is 25.0. The average molecular weight is 521 g/mol. The van der Waals surface area contributed by atoms with E-state index in [1.807, 2.05) is 6.08 Å². The minimum Gasteiger partial charge on any atom is -0.373 e. The van der Waals surface area contributed by atoms with Crippen molar-refractivity contribution in [2.75, 3.05) is 26.2 Å². The van der Waals surface area contributed by atoms with Gasteiger partial charge in [0.25, 0.3) is 0 Å². The Kier molecular flexibility index (Phi) is 17.4. The molecule has 0 aromatic carbocycles. The minimum absolute atomic E-state index is 1.07. The van der Waals surface area contributed by atoms with E-state index < -0.39 is 0 Å². The first-order valence-electron chi connectivity index (χ1n) is 17.0. The summed E-state index contributed by atoms with van der Waals surface area (Å²) in [5.41, 5.74) is 3.06. The lowest BCUT2D eigenvalue weighted by molar-refractivity contribution is -0.514. The number of hydrogen-bond donors (Lipinski definition) is 0. The molecule has 3 aliphatic heterocycles. The van der Waals surface area contributed by atoms with Gasteiger partial charge in [0, 0.05) is 25.7 Å². The molecule has 2 nitrogen and oxygen atoms in total. The third kappa shape index (κ3) is 15.2. The van der Waals surface area contributed by atoms with Gasteiger partial charge in [-0.25, -0.2) is 6.08 Å². The third-order valence-corrected chi connectivity index (χ3v) is 8.74. The van der Waals surface area contributed by atoms with Crippen molar-refractivity contribution < 1.29 is 4.58 Å². The number of rotatable bonds is 0. The van der Waals surface area contributed by atoms with Gasteiger partial charge in [-0.3, -0.25) is 4.58 Å². The maximum absolute atomic E-state index is 3.48. The summed E-state index contributed by atoms with van der Waals surface area (Å²) in [5.74, 6) is 3.42. The Hall–Kier alpha value is -1.53. The predicted molar refractivity (Wildman–Crippen MR) is 166 cm³/mol. The lowest BCUT2D eigenvalue weighted by Gasteiger charge is -2.23. The fourth-order valence-corrected chi connectivity index (χ4v) is 6.28. The molecule has 0 atom stereocenters. The van der Waals surface area contributed by atoms with Gasteiger partial charge in [0.05, 0.1) is 0 Å². The average Bonchev–Trinajstić information content (AvgIpc) is 2.94. The van der Waals surface area contributed by atoms with Crippen molar-refractivity contribution in [2.24, 2.45) is 0 Å². The fourth-order valence-electron chi connectivity index (χ4n) is 6.28. The Bertz CT molecular complexity index is 764. The third-order valence-electron chi connectivity index (χ3n) is 8.74. The Labute approximate surface area is 237 Å². The van der Waals surface area contributed by atoms with Crippen molar-refractivity contribution >= 4 is 5.87 Å². The minimum atomic E-state index is 1.07. The highest BCUT2D eigenvalue weighted by Crippen LogP contribution is 2.19. The molecule has 0 unspecified atom stereocenters. The second kappa shape index (κ2) is 21.3. The number of allylic oxidation sites excluding steroid dienone is 4. The van der Waals surface area contributed by atoms with Crippen LogP contribution in [0.2, 0.25) is 0 Å². The summed E-state index contributed by atoms with van der Waals surface area (Å²) in [4.78, 5) is 2.56. The molecule has 3 heterocycles. The molecule has 0 amide bonds. The Morgan fingerprint density at radius 1 is 0.605 bits per heavy atom. The van der Waals surface area contributed by atoms with Gasteiger partial charge in [-0.2, -0.15) is 0 Å². The summed E-state index contributed by atoms with van der Waals surface area (Å²) >= 11 is 0. The van der Waals surface area contributed by atoms with E-state index in [2.05, 4.69) is 39.8 Å². The molecule has 2 heteroatoms. The molecule has 0 saturated carbocycles. The van der Waals surface area contributed by atoms with Gasteiger partial charge in [-0.1, -0.05) is 139 Å². The van der Waals surface area contributed by atoms with Crippen LogP contribution in [-0.2, 0) is 0 Å². The van der Waals surface area contributed by atoms with E-state index in [-0.39, 0.29) is 0 Å². The highest BCUT2D eigenvalue weighted by Gasteiger charge is 2.07. The molecule has 0 spiro atoms. The number of nitrogens with zero attached hydrogens (tertiary/aromatic N) is 2. The lowest BCUT2D eigenvalue weighted by Crippen LogP contribution is -2.21. The second-order valence-corrected chi connectivity index (χ2v) is 12.3. The molecular weight excluding hydrogens is 460 g/mol. The first-order chi connectivity index (χ1) is 18.9. The SMILES string of the molecule is C1=C[C-]=C2CCCCCCCCCCCCCCN3C=C(C=CC3)CCCCCCCCCCCC[N+]=1C2. The predicted octanol–water partition coefficient (Wildman–Crippen LogP) is 10.1. The van der Waals surface area contributed by atoms with E-state index in [0.29, 0.717) is 0 Å². The van der Waals surface area contributed by atoms with Crippen LogP contribution in [0.3, 0.4) is 0 Å². The number of hydrogen-bond acceptors (Lipinski definition) is 1. The molecule has 3 rings (SSSR count). The van der Waals surface area contributed by atoms with Crippen LogP contribution in [0.4, 0.5) is 0 Å². The molecule has 0 fully saturated rings. The van der Waals surface area contributed by atoms with Crippen LogP contribution in [0.1, 0.15) is 154 Å². The molecule has 0 aliphatic carbocycles. The van der Waals surface area contributed by atoms with E-state index in [4.69, 9.17) is 0 Å². The fraction of sp³-hybridized carbons (Fsp3) is 0.778. The first-order valence-corrected chi connectivity index (χ1v) is 17.0. The van der Waals surface area contributed by atoms with Crippen molar-refractivity contribution in [3.05, 3.63) is 41.7 Å². The maximum atomic E-state index is 3.48. The molecule has 214 valence electrons. The summed E-state index contributed by atoms with van der Waals surface area (Å²) in [6.45, 7) is 4.61. The summed E-state index contributed by atoms with van der Waals surface area (Å²) in [7, 11) is 0. The standard InChI is InChI=1S/C36H60N2/c1-2-5-9-13-17-21-29-37-31-24-28-36(34-37)26-20-16-12-8-4-6-10-14-18-22-30-38-32-23-27-35(33-38)25-19-15-11-7-3-1/h23-24,28,34H,1-22,25-26,29-31,33H2. The molecular formula is C36H60N2. The van der Waals surface area contributed by atoms with Crippen molar-refractivity contribution in [2.45, 2.75) is 154 Å². The monoisotopic (exact) mass is 520 g/mol. The Morgan fingerprint density at radius 3 is 1.76 bits per heavy atom. The highest BCUT2D eigenvalue weighted by molar-refractivity contribution is 5.49.